The van der Waals surface area contributed by atoms with Crippen LogP contribution in [0.3, 0.4) is 0 Å². The molecule has 8 heteroatoms. The van der Waals surface area contributed by atoms with E-state index in [1.54, 1.807) is 24.5 Å². The largest absolute Gasteiger partial charge is 0.487 e. The van der Waals surface area contributed by atoms with E-state index < -0.39 is 0 Å². The molecule has 0 N–H and O–H groups in total. The van der Waals surface area contributed by atoms with Gasteiger partial charge in [0.05, 0.1) is 13.1 Å². The molecular formula is C15H13N7O. The van der Waals surface area contributed by atoms with Crippen molar-refractivity contribution in [2.45, 2.75) is 13.0 Å². The highest BCUT2D eigenvalue weighted by Crippen LogP contribution is 2.25. The SMILES string of the molecule is Cc1nnc2c(N3CC(Oc4ccnc(C#N)c4)C3)nccn12. The van der Waals surface area contributed by atoms with Crippen LogP contribution in [-0.2, 0) is 0 Å². The molecule has 1 saturated heterocycles. The van der Waals surface area contributed by atoms with Gasteiger partial charge in [-0.3, -0.25) is 4.40 Å². The number of ether oxygens (including phenoxy) is 1. The number of hydrogen-bond donors (Lipinski definition) is 0. The third-order valence-corrected chi connectivity index (χ3v) is 3.78. The lowest BCUT2D eigenvalue weighted by molar-refractivity contribution is 0.167. The lowest BCUT2D eigenvalue weighted by atomic mass is 10.1. The minimum absolute atomic E-state index is 0.0509. The molecule has 1 fully saturated rings. The Balaban J connectivity index is 1.47. The number of pyridine rings is 1. The molecule has 0 aromatic carbocycles. The van der Waals surface area contributed by atoms with Crippen LogP contribution in [0.15, 0.2) is 30.7 Å². The maximum Gasteiger partial charge on any atom is 0.203 e. The molecule has 23 heavy (non-hydrogen) atoms. The van der Waals surface area contributed by atoms with Gasteiger partial charge >= 0.3 is 0 Å². The van der Waals surface area contributed by atoms with E-state index in [0.29, 0.717) is 24.5 Å². The summed E-state index contributed by atoms with van der Waals surface area (Å²) in [5.74, 6) is 2.30. The molecule has 0 radical (unpaired) electrons. The molecule has 0 saturated carbocycles. The maximum absolute atomic E-state index is 8.86. The van der Waals surface area contributed by atoms with E-state index in [0.717, 1.165) is 17.3 Å². The van der Waals surface area contributed by atoms with Gasteiger partial charge in [0, 0.05) is 24.7 Å². The summed E-state index contributed by atoms with van der Waals surface area (Å²) >= 11 is 0. The number of nitrogens with zero attached hydrogens (tertiary/aromatic N) is 7. The van der Waals surface area contributed by atoms with Gasteiger partial charge in [0.1, 0.15) is 29.4 Å². The molecule has 1 aliphatic heterocycles. The molecule has 0 spiro atoms. The van der Waals surface area contributed by atoms with E-state index in [2.05, 4.69) is 25.1 Å². The Morgan fingerprint density at radius 1 is 1.26 bits per heavy atom. The normalized spacial score (nSPS) is 14.5. The number of aryl methyl sites for hydroxylation is 1. The summed E-state index contributed by atoms with van der Waals surface area (Å²) in [5, 5.41) is 17.1. The molecule has 0 unspecified atom stereocenters. The van der Waals surface area contributed by atoms with Gasteiger partial charge in [0.15, 0.2) is 5.82 Å². The minimum Gasteiger partial charge on any atom is -0.487 e. The fourth-order valence-electron chi connectivity index (χ4n) is 2.58. The second-order valence-electron chi connectivity index (χ2n) is 5.33. The first kappa shape index (κ1) is 13.5. The lowest BCUT2D eigenvalue weighted by Crippen LogP contribution is -2.54. The van der Waals surface area contributed by atoms with Gasteiger partial charge in [-0.15, -0.1) is 10.2 Å². The Kier molecular flexibility index (Phi) is 3.05. The lowest BCUT2D eigenvalue weighted by Gasteiger charge is -2.39. The zero-order chi connectivity index (χ0) is 15.8. The summed E-state index contributed by atoms with van der Waals surface area (Å²) < 4.78 is 7.77. The third kappa shape index (κ3) is 2.32. The van der Waals surface area contributed by atoms with Crippen molar-refractivity contribution in [2.24, 2.45) is 0 Å². The fourth-order valence-corrected chi connectivity index (χ4v) is 2.58. The number of nitriles is 1. The highest BCUT2D eigenvalue weighted by Gasteiger charge is 2.31. The van der Waals surface area contributed by atoms with Crippen LogP contribution in [0.1, 0.15) is 11.5 Å². The minimum atomic E-state index is 0.0509. The molecule has 0 bridgehead atoms. The van der Waals surface area contributed by atoms with Crippen molar-refractivity contribution < 1.29 is 4.74 Å². The Bertz CT molecular complexity index is 908. The number of anilines is 1. The summed E-state index contributed by atoms with van der Waals surface area (Å²) in [6.07, 6.45) is 5.22. The highest BCUT2D eigenvalue weighted by atomic mass is 16.5. The van der Waals surface area contributed by atoms with Gasteiger partial charge in [-0.05, 0) is 13.0 Å². The zero-order valence-corrected chi connectivity index (χ0v) is 12.4. The molecule has 1 aliphatic rings. The molecule has 8 nitrogen and oxygen atoms in total. The second-order valence-corrected chi connectivity index (χ2v) is 5.33. The quantitative estimate of drug-likeness (QED) is 0.711. The van der Waals surface area contributed by atoms with Crippen molar-refractivity contribution in [3.05, 3.63) is 42.2 Å². The summed E-state index contributed by atoms with van der Waals surface area (Å²) in [5.41, 5.74) is 1.10. The summed E-state index contributed by atoms with van der Waals surface area (Å²) in [4.78, 5) is 10.4. The number of rotatable bonds is 3. The Morgan fingerprint density at radius 3 is 2.96 bits per heavy atom. The van der Waals surface area contributed by atoms with Crippen LogP contribution in [0.2, 0.25) is 0 Å². The Labute approximate surface area is 132 Å². The van der Waals surface area contributed by atoms with Crippen LogP contribution in [0, 0.1) is 18.3 Å². The molecule has 114 valence electrons. The summed E-state index contributed by atoms with van der Waals surface area (Å²) in [6, 6.07) is 5.40. The molecule has 4 rings (SSSR count). The van der Waals surface area contributed by atoms with Crippen molar-refractivity contribution in [1.82, 2.24) is 24.6 Å². The summed E-state index contributed by atoms with van der Waals surface area (Å²) in [7, 11) is 0. The van der Waals surface area contributed by atoms with E-state index in [1.807, 2.05) is 23.6 Å². The van der Waals surface area contributed by atoms with Crippen LogP contribution in [0.4, 0.5) is 5.82 Å². The monoisotopic (exact) mass is 307 g/mol. The molecule has 0 aliphatic carbocycles. The van der Waals surface area contributed by atoms with Crippen LogP contribution in [0.25, 0.3) is 5.65 Å². The standard InChI is InChI=1S/C15H13N7O/c1-10-19-20-15-14(18-4-5-22(10)15)21-8-13(9-21)23-12-2-3-17-11(6-12)7-16/h2-6,13H,8-9H2,1H3. The van der Waals surface area contributed by atoms with Crippen LogP contribution < -0.4 is 9.64 Å². The smallest absolute Gasteiger partial charge is 0.203 e. The van der Waals surface area contributed by atoms with Gasteiger partial charge in [-0.25, -0.2) is 9.97 Å². The highest BCUT2D eigenvalue weighted by molar-refractivity contribution is 5.65. The molecular weight excluding hydrogens is 294 g/mol. The van der Waals surface area contributed by atoms with Gasteiger partial charge < -0.3 is 9.64 Å². The number of fused-ring (bicyclic) bond motifs is 1. The van der Waals surface area contributed by atoms with E-state index in [4.69, 9.17) is 10.00 Å². The zero-order valence-electron chi connectivity index (χ0n) is 12.4. The Hall–Kier alpha value is -3.21. The first-order chi connectivity index (χ1) is 11.2. The van der Waals surface area contributed by atoms with Crippen molar-refractivity contribution in [1.29, 1.82) is 5.26 Å². The predicted octanol–water partition coefficient (Wildman–Crippen LogP) is 0.967. The molecule has 4 heterocycles. The van der Waals surface area contributed by atoms with E-state index >= 15 is 0 Å². The van der Waals surface area contributed by atoms with E-state index in [-0.39, 0.29) is 6.10 Å². The van der Waals surface area contributed by atoms with E-state index in [1.165, 1.54) is 0 Å². The number of hydrogen-bond acceptors (Lipinski definition) is 7. The topological polar surface area (TPSA) is 92.2 Å². The van der Waals surface area contributed by atoms with Gasteiger partial charge in [-0.1, -0.05) is 0 Å². The first-order valence-corrected chi connectivity index (χ1v) is 7.18. The molecule has 3 aromatic heterocycles. The second kappa shape index (κ2) is 5.21. The van der Waals surface area contributed by atoms with Crippen molar-refractivity contribution in [3.8, 4) is 11.8 Å². The third-order valence-electron chi connectivity index (χ3n) is 3.78. The van der Waals surface area contributed by atoms with Crippen LogP contribution in [-0.4, -0.2) is 43.8 Å². The molecule has 0 atom stereocenters. The predicted molar refractivity (Wildman–Crippen MR) is 81.1 cm³/mol. The van der Waals surface area contributed by atoms with Crippen molar-refractivity contribution >= 4 is 11.5 Å². The van der Waals surface area contributed by atoms with Crippen molar-refractivity contribution in [3.63, 3.8) is 0 Å². The van der Waals surface area contributed by atoms with Crippen LogP contribution in [0.5, 0.6) is 5.75 Å². The number of aromatic nitrogens is 5. The fraction of sp³-hybridized carbons (Fsp3) is 0.267. The van der Waals surface area contributed by atoms with Gasteiger partial charge in [0.25, 0.3) is 0 Å². The van der Waals surface area contributed by atoms with Crippen LogP contribution >= 0.6 is 0 Å². The van der Waals surface area contributed by atoms with Crippen molar-refractivity contribution in [2.75, 3.05) is 18.0 Å². The van der Waals surface area contributed by atoms with E-state index in [9.17, 15) is 0 Å². The average molecular weight is 307 g/mol. The molecule has 3 aromatic rings. The Morgan fingerprint density at radius 2 is 2.13 bits per heavy atom. The van der Waals surface area contributed by atoms with Gasteiger partial charge in [-0.2, -0.15) is 5.26 Å². The average Bonchev–Trinajstić information content (AvgIpc) is 2.92. The van der Waals surface area contributed by atoms with Gasteiger partial charge in [0.2, 0.25) is 5.65 Å². The molecule has 0 amide bonds. The first-order valence-electron chi connectivity index (χ1n) is 7.18. The summed E-state index contributed by atoms with van der Waals surface area (Å²) in [6.45, 7) is 3.33. The maximum atomic E-state index is 8.86.